The van der Waals surface area contributed by atoms with Crippen molar-refractivity contribution in [2.45, 2.75) is 6.92 Å². The summed E-state index contributed by atoms with van der Waals surface area (Å²) in [4.78, 5) is 12.0. The third-order valence-corrected chi connectivity index (χ3v) is 2.77. The van der Waals surface area contributed by atoms with Gasteiger partial charge < -0.3 is 9.73 Å². The van der Waals surface area contributed by atoms with E-state index in [1.807, 2.05) is 31.2 Å². The number of hydrogen-bond acceptors (Lipinski definition) is 3. The second-order valence-electron chi connectivity index (χ2n) is 4.00. The Bertz CT molecular complexity index is 712. The third-order valence-electron chi connectivity index (χ3n) is 2.77. The highest BCUT2D eigenvalue weighted by Gasteiger charge is 2.15. The molecule has 0 unspecified atom stereocenters. The Hall–Kier alpha value is -2.56. The highest BCUT2D eigenvalue weighted by Crippen LogP contribution is 2.20. The molecule has 5 nitrogen and oxygen atoms in total. The Morgan fingerprint density at radius 3 is 2.94 bits per heavy atom. The van der Waals surface area contributed by atoms with E-state index in [0.29, 0.717) is 11.6 Å². The summed E-state index contributed by atoms with van der Waals surface area (Å²) in [7, 11) is 0. The van der Waals surface area contributed by atoms with Gasteiger partial charge in [0.05, 0.1) is 11.8 Å². The van der Waals surface area contributed by atoms with Crippen LogP contribution < -0.4 is 5.32 Å². The number of nitrogens with one attached hydrogen (secondary N) is 2. The first-order chi connectivity index (χ1) is 8.75. The molecule has 0 aliphatic rings. The summed E-state index contributed by atoms with van der Waals surface area (Å²) >= 11 is 0. The summed E-state index contributed by atoms with van der Waals surface area (Å²) in [6, 6.07) is 9.34. The molecule has 0 saturated heterocycles. The van der Waals surface area contributed by atoms with Crippen LogP contribution >= 0.6 is 0 Å². The average Bonchev–Trinajstić information content (AvgIpc) is 2.97. The molecule has 0 fully saturated rings. The molecule has 18 heavy (non-hydrogen) atoms. The van der Waals surface area contributed by atoms with Gasteiger partial charge in [-0.15, -0.1) is 0 Å². The van der Waals surface area contributed by atoms with Gasteiger partial charge in [0.2, 0.25) is 0 Å². The summed E-state index contributed by atoms with van der Waals surface area (Å²) < 4.78 is 5.14. The van der Waals surface area contributed by atoms with Crippen molar-refractivity contribution in [2.24, 2.45) is 0 Å². The highest BCUT2D eigenvalue weighted by atomic mass is 16.3. The van der Waals surface area contributed by atoms with Crippen molar-refractivity contribution in [3.63, 3.8) is 0 Å². The van der Waals surface area contributed by atoms with Gasteiger partial charge in [-0.05, 0) is 25.1 Å². The Kier molecular flexibility index (Phi) is 2.37. The summed E-state index contributed by atoms with van der Waals surface area (Å²) in [6.07, 6.45) is 1.49. The first kappa shape index (κ1) is 10.6. The molecule has 0 saturated carbocycles. The average molecular weight is 241 g/mol. The van der Waals surface area contributed by atoms with Crippen molar-refractivity contribution in [2.75, 3.05) is 5.32 Å². The number of amides is 1. The lowest BCUT2D eigenvalue weighted by molar-refractivity contribution is 0.0995. The lowest BCUT2D eigenvalue weighted by atomic mass is 10.2. The maximum atomic E-state index is 12.0. The van der Waals surface area contributed by atoms with Gasteiger partial charge in [0.15, 0.2) is 11.6 Å². The Morgan fingerprint density at radius 2 is 2.17 bits per heavy atom. The molecule has 2 N–H and O–H groups in total. The highest BCUT2D eigenvalue weighted by molar-refractivity contribution is 6.06. The first-order valence-corrected chi connectivity index (χ1v) is 5.54. The Balaban J connectivity index is 1.93. The number of fused-ring (bicyclic) bond motifs is 1. The molecule has 0 radical (unpaired) electrons. The molecular weight excluding hydrogens is 230 g/mol. The molecule has 1 amide bonds. The molecule has 0 spiro atoms. The number of aromatic amines is 1. The number of aromatic nitrogens is 2. The SMILES string of the molecule is Cc1ccoc1C(=O)Nc1n[nH]c2ccccc12. The molecule has 5 heteroatoms. The largest absolute Gasteiger partial charge is 0.459 e. The van der Waals surface area contributed by atoms with E-state index in [1.54, 1.807) is 6.07 Å². The number of carbonyl (C=O) groups is 1. The van der Waals surface area contributed by atoms with Crippen LogP contribution in [-0.4, -0.2) is 16.1 Å². The summed E-state index contributed by atoms with van der Waals surface area (Å²) in [5.74, 6) is 0.517. The molecular formula is C13H11N3O2. The molecule has 1 aromatic carbocycles. The molecule has 90 valence electrons. The van der Waals surface area contributed by atoms with Crippen molar-refractivity contribution in [3.8, 4) is 0 Å². The fourth-order valence-electron chi connectivity index (χ4n) is 1.83. The van der Waals surface area contributed by atoms with Crippen LogP contribution in [0.3, 0.4) is 0 Å². The van der Waals surface area contributed by atoms with Gasteiger partial charge in [0.25, 0.3) is 5.91 Å². The summed E-state index contributed by atoms with van der Waals surface area (Å²) in [5, 5.41) is 10.5. The number of H-pyrrole nitrogens is 1. The maximum absolute atomic E-state index is 12.0. The molecule has 2 heterocycles. The second-order valence-corrected chi connectivity index (χ2v) is 4.00. The summed E-state index contributed by atoms with van der Waals surface area (Å²) in [5.41, 5.74) is 1.68. The molecule has 0 atom stereocenters. The van der Waals surface area contributed by atoms with Crippen molar-refractivity contribution < 1.29 is 9.21 Å². The minimum atomic E-state index is -0.297. The number of furan rings is 1. The summed E-state index contributed by atoms with van der Waals surface area (Å²) in [6.45, 7) is 1.82. The third kappa shape index (κ3) is 1.66. The predicted molar refractivity (Wildman–Crippen MR) is 67.5 cm³/mol. The van der Waals surface area contributed by atoms with Gasteiger partial charge in [-0.3, -0.25) is 9.89 Å². The number of aryl methyl sites for hydroxylation is 1. The van der Waals surface area contributed by atoms with Crippen molar-refractivity contribution in [1.82, 2.24) is 10.2 Å². The van der Waals surface area contributed by atoms with Gasteiger partial charge in [-0.2, -0.15) is 5.10 Å². The first-order valence-electron chi connectivity index (χ1n) is 5.54. The smallest absolute Gasteiger partial charge is 0.292 e. The molecule has 3 rings (SSSR count). The minimum Gasteiger partial charge on any atom is -0.459 e. The number of hydrogen-bond donors (Lipinski definition) is 2. The lowest BCUT2D eigenvalue weighted by Gasteiger charge is -2.00. The van der Waals surface area contributed by atoms with Crippen LogP contribution in [0, 0.1) is 6.92 Å². The number of para-hydroxylation sites is 1. The maximum Gasteiger partial charge on any atom is 0.292 e. The van der Waals surface area contributed by atoms with E-state index in [0.717, 1.165) is 16.5 Å². The van der Waals surface area contributed by atoms with Gasteiger partial charge in [-0.25, -0.2) is 0 Å². The molecule has 0 bridgehead atoms. The van der Waals surface area contributed by atoms with Crippen LogP contribution in [0.25, 0.3) is 10.9 Å². The quantitative estimate of drug-likeness (QED) is 0.724. The van der Waals surface area contributed by atoms with Crippen molar-refractivity contribution in [1.29, 1.82) is 0 Å². The van der Waals surface area contributed by atoms with E-state index >= 15 is 0 Å². The monoisotopic (exact) mass is 241 g/mol. The Morgan fingerprint density at radius 1 is 1.33 bits per heavy atom. The second kappa shape index (κ2) is 4.03. The molecule has 0 aliphatic carbocycles. The van der Waals surface area contributed by atoms with Crippen molar-refractivity contribution >= 4 is 22.6 Å². The predicted octanol–water partition coefficient (Wildman–Crippen LogP) is 2.72. The van der Waals surface area contributed by atoms with Crippen LogP contribution in [0.2, 0.25) is 0 Å². The van der Waals surface area contributed by atoms with Crippen LogP contribution in [0.15, 0.2) is 41.0 Å². The lowest BCUT2D eigenvalue weighted by Crippen LogP contribution is -2.12. The van der Waals surface area contributed by atoms with E-state index < -0.39 is 0 Å². The molecule has 0 aliphatic heterocycles. The van der Waals surface area contributed by atoms with Crippen LogP contribution in [0.5, 0.6) is 0 Å². The Labute approximate surface area is 103 Å². The van der Waals surface area contributed by atoms with E-state index in [2.05, 4.69) is 15.5 Å². The zero-order valence-electron chi connectivity index (χ0n) is 9.73. The van der Waals surface area contributed by atoms with Crippen LogP contribution in [0.1, 0.15) is 16.1 Å². The number of carbonyl (C=O) groups excluding carboxylic acids is 1. The normalized spacial score (nSPS) is 10.7. The number of rotatable bonds is 2. The van der Waals surface area contributed by atoms with Gasteiger partial charge in [-0.1, -0.05) is 12.1 Å². The van der Waals surface area contributed by atoms with Crippen LogP contribution in [0.4, 0.5) is 5.82 Å². The van der Waals surface area contributed by atoms with Gasteiger partial charge in [0, 0.05) is 10.9 Å². The van der Waals surface area contributed by atoms with E-state index in [9.17, 15) is 4.79 Å². The number of anilines is 1. The number of nitrogens with zero attached hydrogens (tertiary/aromatic N) is 1. The number of benzene rings is 1. The van der Waals surface area contributed by atoms with E-state index in [1.165, 1.54) is 6.26 Å². The zero-order chi connectivity index (χ0) is 12.5. The standard InChI is InChI=1S/C13H11N3O2/c1-8-6-7-18-11(8)13(17)14-12-9-4-2-3-5-10(9)15-16-12/h2-7H,1H3,(H2,14,15,16,17). The van der Waals surface area contributed by atoms with E-state index in [-0.39, 0.29) is 5.91 Å². The topological polar surface area (TPSA) is 70.9 Å². The molecule has 2 aromatic heterocycles. The van der Waals surface area contributed by atoms with Crippen LogP contribution in [-0.2, 0) is 0 Å². The minimum absolute atomic E-state index is 0.297. The van der Waals surface area contributed by atoms with Gasteiger partial charge >= 0.3 is 0 Å². The van der Waals surface area contributed by atoms with Gasteiger partial charge in [0.1, 0.15) is 0 Å². The van der Waals surface area contributed by atoms with Crippen molar-refractivity contribution in [3.05, 3.63) is 47.9 Å². The molecule has 3 aromatic rings. The fourth-order valence-corrected chi connectivity index (χ4v) is 1.83. The van der Waals surface area contributed by atoms with E-state index in [4.69, 9.17) is 4.42 Å². The zero-order valence-corrected chi connectivity index (χ0v) is 9.73. The fraction of sp³-hybridized carbons (Fsp3) is 0.0769.